The van der Waals surface area contributed by atoms with E-state index in [9.17, 15) is 4.79 Å². The third kappa shape index (κ3) is 8.95. The molecule has 1 fully saturated rings. The minimum absolute atomic E-state index is 0.000229. The largest absolute Gasteiger partial charge is 0.359 e. The van der Waals surface area contributed by atoms with Gasteiger partial charge in [0.1, 0.15) is 0 Å². The number of carbonyl (C=O) groups excluding carboxylic acids is 1. The van der Waals surface area contributed by atoms with E-state index in [1.165, 1.54) is 24.8 Å². The third-order valence-electron chi connectivity index (χ3n) is 7.65. The van der Waals surface area contributed by atoms with Crippen molar-refractivity contribution < 1.29 is 4.79 Å². The Morgan fingerprint density at radius 1 is 0.850 bits per heavy atom. The van der Waals surface area contributed by atoms with Crippen molar-refractivity contribution in [2.45, 2.75) is 57.0 Å². The molecule has 0 saturated heterocycles. The molecule has 212 valence electrons. The number of anilines is 1. The Morgan fingerprint density at radius 2 is 1.48 bits per heavy atom. The molecule has 3 aromatic rings. The van der Waals surface area contributed by atoms with Gasteiger partial charge in [0.05, 0.1) is 6.04 Å². The molecule has 0 spiro atoms. The van der Waals surface area contributed by atoms with Crippen molar-refractivity contribution in [1.82, 2.24) is 15.1 Å². The number of hydrogen-bond acceptors (Lipinski definition) is 3. The van der Waals surface area contributed by atoms with Crippen LogP contribution in [0.15, 0.2) is 89.9 Å². The van der Waals surface area contributed by atoms with E-state index in [-0.39, 0.29) is 11.8 Å². The van der Waals surface area contributed by atoms with Gasteiger partial charge in [-0.25, -0.2) is 4.99 Å². The van der Waals surface area contributed by atoms with Crippen LogP contribution in [0.5, 0.6) is 0 Å². The fourth-order valence-corrected chi connectivity index (χ4v) is 5.29. The average molecular weight is 540 g/mol. The summed E-state index contributed by atoms with van der Waals surface area (Å²) in [5.74, 6) is 0.978. The zero-order chi connectivity index (χ0) is 28.2. The molecule has 0 aliphatic heterocycles. The Balaban J connectivity index is 1.60. The number of rotatable bonds is 11. The fourth-order valence-electron chi connectivity index (χ4n) is 5.29. The maximum absolute atomic E-state index is 12.4. The molecule has 1 aliphatic carbocycles. The predicted octanol–water partition coefficient (Wildman–Crippen LogP) is 6.12. The van der Waals surface area contributed by atoms with Crippen LogP contribution in [0.25, 0.3) is 0 Å². The summed E-state index contributed by atoms with van der Waals surface area (Å²) in [5, 5.41) is 6.49. The zero-order valence-corrected chi connectivity index (χ0v) is 24.4. The van der Waals surface area contributed by atoms with Crippen molar-refractivity contribution in [1.29, 1.82) is 0 Å². The number of nitrogens with one attached hydrogen (secondary N) is 2. The van der Waals surface area contributed by atoms with E-state index in [2.05, 4.69) is 101 Å². The molecule has 1 saturated carbocycles. The van der Waals surface area contributed by atoms with Crippen LogP contribution in [0.4, 0.5) is 5.69 Å². The van der Waals surface area contributed by atoms with Gasteiger partial charge >= 0.3 is 0 Å². The summed E-state index contributed by atoms with van der Waals surface area (Å²) in [4.78, 5) is 22.3. The Bertz CT molecular complexity index is 1190. The lowest BCUT2D eigenvalue weighted by Crippen LogP contribution is -2.41. The Labute approximate surface area is 240 Å². The van der Waals surface area contributed by atoms with E-state index in [0.717, 1.165) is 55.2 Å². The van der Waals surface area contributed by atoms with E-state index in [1.54, 1.807) is 7.05 Å². The molecule has 1 amide bonds. The molecule has 1 unspecified atom stereocenters. The van der Waals surface area contributed by atoms with Gasteiger partial charge in [0.15, 0.2) is 5.96 Å². The van der Waals surface area contributed by atoms with Gasteiger partial charge in [0.2, 0.25) is 5.91 Å². The van der Waals surface area contributed by atoms with Crippen molar-refractivity contribution >= 4 is 17.6 Å². The molecule has 4 rings (SSSR count). The van der Waals surface area contributed by atoms with Crippen LogP contribution in [-0.2, 0) is 11.3 Å². The Hall–Kier alpha value is -3.64. The summed E-state index contributed by atoms with van der Waals surface area (Å²) in [5.41, 5.74) is 4.55. The normalized spacial score (nSPS) is 15.1. The molecule has 3 aromatic carbocycles. The highest BCUT2D eigenvalue weighted by Gasteiger charge is 2.20. The van der Waals surface area contributed by atoms with E-state index in [4.69, 9.17) is 4.99 Å². The summed E-state index contributed by atoms with van der Waals surface area (Å²) in [6.45, 7) is 2.61. The number of aliphatic imine (C=N–C) groups is 1. The summed E-state index contributed by atoms with van der Waals surface area (Å²) in [6, 6.07) is 29.8. The first-order chi connectivity index (χ1) is 19.5. The summed E-state index contributed by atoms with van der Waals surface area (Å²) in [7, 11) is 5.93. The molecule has 2 N–H and O–H groups in total. The van der Waals surface area contributed by atoms with Crippen LogP contribution in [0.2, 0.25) is 0 Å². The molecule has 0 bridgehead atoms. The molecule has 1 atom stereocenters. The lowest BCUT2D eigenvalue weighted by molar-refractivity contribution is -0.120. The highest BCUT2D eigenvalue weighted by molar-refractivity contribution is 5.94. The lowest BCUT2D eigenvalue weighted by Gasteiger charge is -2.30. The lowest BCUT2D eigenvalue weighted by atomic mass is 9.88. The van der Waals surface area contributed by atoms with Crippen molar-refractivity contribution in [3.63, 3.8) is 0 Å². The van der Waals surface area contributed by atoms with Crippen molar-refractivity contribution in [3.8, 4) is 0 Å². The van der Waals surface area contributed by atoms with Gasteiger partial charge in [-0.1, -0.05) is 92.1 Å². The third-order valence-corrected chi connectivity index (χ3v) is 7.65. The van der Waals surface area contributed by atoms with Gasteiger partial charge in [-0.2, -0.15) is 0 Å². The second-order valence-electron chi connectivity index (χ2n) is 11.0. The van der Waals surface area contributed by atoms with Crippen LogP contribution in [0.1, 0.15) is 61.1 Å². The molecule has 1 aliphatic rings. The van der Waals surface area contributed by atoms with Crippen LogP contribution < -0.4 is 10.6 Å². The van der Waals surface area contributed by atoms with Gasteiger partial charge in [-0.3, -0.25) is 4.79 Å². The molecule has 40 heavy (non-hydrogen) atoms. The first kappa shape index (κ1) is 29.3. The zero-order valence-electron chi connectivity index (χ0n) is 24.4. The molecule has 6 heteroatoms. The quantitative estimate of drug-likeness (QED) is 0.228. The van der Waals surface area contributed by atoms with Gasteiger partial charge < -0.3 is 20.4 Å². The van der Waals surface area contributed by atoms with Crippen LogP contribution in [0, 0.1) is 0 Å². The molecule has 6 nitrogen and oxygen atoms in total. The summed E-state index contributed by atoms with van der Waals surface area (Å²) >= 11 is 0. The fraction of sp³-hybridized carbons (Fsp3) is 0.412. The van der Waals surface area contributed by atoms with Crippen LogP contribution >= 0.6 is 0 Å². The monoisotopic (exact) mass is 539 g/mol. The van der Waals surface area contributed by atoms with E-state index in [1.807, 2.05) is 18.2 Å². The Kier molecular flexibility index (Phi) is 11.2. The highest BCUT2D eigenvalue weighted by atomic mass is 16.1. The van der Waals surface area contributed by atoms with Gasteiger partial charge in [0, 0.05) is 44.7 Å². The minimum Gasteiger partial charge on any atom is -0.359 e. The van der Waals surface area contributed by atoms with Crippen molar-refractivity contribution in [2.24, 2.45) is 4.99 Å². The summed E-state index contributed by atoms with van der Waals surface area (Å²) < 4.78 is 0. The maximum atomic E-state index is 12.4. The van der Waals surface area contributed by atoms with E-state index < -0.39 is 0 Å². The number of amides is 1. The number of carbonyl (C=O) groups is 1. The Morgan fingerprint density at radius 3 is 2.10 bits per heavy atom. The number of guanidine groups is 1. The predicted molar refractivity (Wildman–Crippen MR) is 167 cm³/mol. The number of likely N-dealkylation sites (N-methyl/N-ethyl adjacent to an activating group) is 1. The molecule has 0 aromatic heterocycles. The van der Waals surface area contributed by atoms with Gasteiger partial charge in [-0.05, 0) is 55.8 Å². The summed E-state index contributed by atoms with van der Waals surface area (Å²) in [6.07, 6.45) is 6.52. The van der Waals surface area contributed by atoms with Crippen molar-refractivity contribution in [3.05, 3.63) is 102 Å². The van der Waals surface area contributed by atoms with Gasteiger partial charge in [0.25, 0.3) is 0 Å². The molecular weight excluding hydrogens is 494 g/mol. The standard InChI is InChI=1S/C34H45N5O/c1-35-33(40)25-32(28-15-9-5-10-16-28)29-19-21-31(22-20-29)37-34(36-30-17-11-6-12-18-30)39(24-23-38(2)3)26-27-13-7-4-8-14-27/h4-5,7-10,13-16,19-22,30,32H,6,11-12,17-18,23-26H2,1-3H3,(H,35,40)(H,36,37). The minimum atomic E-state index is 0.000229. The van der Waals surface area contributed by atoms with Crippen molar-refractivity contribution in [2.75, 3.05) is 39.5 Å². The van der Waals surface area contributed by atoms with Crippen LogP contribution in [0.3, 0.4) is 0 Å². The molecule has 0 radical (unpaired) electrons. The average Bonchev–Trinajstić information content (AvgIpc) is 2.99. The second kappa shape index (κ2) is 15.2. The maximum Gasteiger partial charge on any atom is 0.220 e. The first-order valence-corrected chi connectivity index (χ1v) is 14.7. The molecule has 0 heterocycles. The SMILES string of the molecule is CNC(=O)CC(c1ccccc1)c1ccc(NC(=NC2CCCCC2)N(CCN(C)C)Cc2ccccc2)cc1. The highest BCUT2D eigenvalue weighted by Crippen LogP contribution is 2.29. The topological polar surface area (TPSA) is 60.0 Å². The van der Waals surface area contributed by atoms with Crippen LogP contribution in [-0.4, -0.2) is 61.9 Å². The number of hydrogen-bond donors (Lipinski definition) is 2. The number of benzene rings is 3. The second-order valence-corrected chi connectivity index (χ2v) is 11.0. The van der Waals surface area contributed by atoms with Gasteiger partial charge in [-0.15, -0.1) is 0 Å². The van der Waals surface area contributed by atoms with E-state index >= 15 is 0 Å². The molecular formula is C34H45N5O. The smallest absolute Gasteiger partial charge is 0.220 e. The van der Waals surface area contributed by atoms with E-state index in [0.29, 0.717) is 12.5 Å². The number of nitrogens with zero attached hydrogens (tertiary/aromatic N) is 3. The first-order valence-electron chi connectivity index (χ1n) is 14.7.